The summed E-state index contributed by atoms with van der Waals surface area (Å²) < 4.78 is 0. The van der Waals surface area contributed by atoms with E-state index in [0.717, 1.165) is 0 Å². The number of nitrogens with zero attached hydrogens (tertiary/aromatic N) is 2. The summed E-state index contributed by atoms with van der Waals surface area (Å²) >= 11 is 5.66. The first kappa shape index (κ1) is 13.8. The summed E-state index contributed by atoms with van der Waals surface area (Å²) in [7, 11) is 0. The lowest BCUT2D eigenvalue weighted by Crippen LogP contribution is -2.45. The molecule has 100 valence electrons. The van der Waals surface area contributed by atoms with Gasteiger partial charge in [0, 0.05) is 11.8 Å². The average Bonchev–Trinajstić information content (AvgIpc) is 2.35. The number of rotatable bonds is 2. The van der Waals surface area contributed by atoms with Crippen molar-refractivity contribution >= 4 is 29.0 Å². The zero-order valence-electron chi connectivity index (χ0n) is 10.6. The van der Waals surface area contributed by atoms with Crippen molar-refractivity contribution in [1.29, 1.82) is 0 Å². The largest absolute Gasteiger partial charge is 0.298 e. The van der Waals surface area contributed by atoms with E-state index < -0.39 is 17.1 Å². The quantitative estimate of drug-likeness (QED) is 0.611. The van der Waals surface area contributed by atoms with Crippen LogP contribution in [0.1, 0.15) is 37.2 Å². The minimum Gasteiger partial charge on any atom is -0.298 e. The highest BCUT2D eigenvalue weighted by Crippen LogP contribution is 2.34. The maximum Gasteiger partial charge on any atom is 0.200 e. The first-order valence-corrected chi connectivity index (χ1v) is 6.29. The highest BCUT2D eigenvalue weighted by atomic mass is 35.5. The van der Waals surface area contributed by atoms with Gasteiger partial charge in [0.05, 0.1) is 12.4 Å². The first-order valence-electron chi connectivity index (χ1n) is 5.92. The minimum absolute atomic E-state index is 0.0445. The maximum absolute atomic E-state index is 12.3. The molecule has 0 radical (unpaired) electrons. The van der Waals surface area contributed by atoms with Crippen LogP contribution in [0.25, 0.3) is 0 Å². The van der Waals surface area contributed by atoms with Crippen LogP contribution in [0.3, 0.4) is 0 Å². The lowest BCUT2D eigenvalue weighted by atomic mass is 9.69. The van der Waals surface area contributed by atoms with Crippen LogP contribution >= 0.6 is 11.6 Å². The van der Waals surface area contributed by atoms with Gasteiger partial charge in [-0.2, -0.15) is 0 Å². The summed E-state index contributed by atoms with van der Waals surface area (Å²) in [6, 6.07) is 0. The van der Waals surface area contributed by atoms with Crippen LogP contribution in [0, 0.1) is 11.3 Å². The summed E-state index contributed by atoms with van der Waals surface area (Å²) in [6.07, 6.45) is 3.20. The van der Waals surface area contributed by atoms with Crippen molar-refractivity contribution in [3.05, 3.63) is 23.2 Å². The van der Waals surface area contributed by atoms with Gasteiger partial charge in [-0.3, -0.25) is 19.4 Å². The molecule has 1 aliphatic rings. The van der Waals surface area contributed by atoms with Crippen molar-refractivity contribution in [2.24, 2.45) is 11.3 Å². The third-order valence-electron chi connectivity index (χ3n) is 3.37. The van der Waals surface area contributed by atoms with Gasteiger partial charge in [-0.15, -0.1) is 0 Å². The number of aromatic nitrogens is 2. The molecule has 0 N–H and O–H groups in total. The molecule has 2 rings (SSSR count). The molecule has 1 atom stereocenters. The van der Waals surface area contributed by atoms with Gasteiger partial charge in [0.1, 0.15) is 16.8 Å². The topological polar surface area (TPSA) is 77.0 Å². The molecule has 0 aliphatic heterocycles. The number of carbonyl (C=O) groups is 3. The number of halogens is 1. The van der Waals surface area contributed by atoms with Crippen molar-refractivity contribution in [2.75, 3.05) is 0 Å². The van der Waals surface area contributed by atoms with Gasteiger partial charge in [0.25, 0.3) is 0 Å². The highest BCUT2D eigenvalue weighted by Gasteiger charge is 2.46. The molecule has 1 aromatic rings. The number of ketones is 3. The van der Waals surface area contributed by atoms with E-state index in [1.54, 1.807) is 13.8 Å². The van der Waals surface area contributed by atoms with Crippen molar-refractivity contribution in [3.8, 4) is 0 Å². The monoisotopic (exact) mass is 280 g/mol. The molecule has 0 amide bonds. The summed E-state index contributed by atoms with van der Waals surface area (Å²) in [5, 5.41) is 0.0563. The van der Waals surface area contributed by atoms with Crippen LogP contribution in [-0.4, -0.2) is 27.3 Å². The molecule has 0 spiro atoms. The van der Waals surface area contributed by atoms with Crippen LogP contribution in [0.5, 0.6) is 0 Å². The van der Waals surface area contributed by atoms with Crippen molar-refractivity contribution < 1.29 is 14.4 Å². The maximum atomic E-state index is 12.3. The molecule has 1 unspecified atom stereocenters. The average molecular weight is 281 g/mol. The number of carbonyl (C=O) groups excluding carboxylic acids is 3. The Bertz CT molecular complexity index is 569. The third-order valence-corrected chi connectivity index (χ3v) is 3.55. The molecule has 1 fully saturated rings. The Morgan fingerprint density at radius 1 is 1.37 bits per heavy atom. The van der Waals surface area contributed by atoms with Gasteiger partial charge in [0.2, 0.25) is 5.78 Å². The summed E-state index contributed by atoms with van der Waals surface area (Å²) in [5.41, 5.74) is -0.711. The summed E-state index contributed by atoms with van der Waals surface area (Å²) in [4.78, 5) is 43.9. The molecular weight excluding hydrogens is 268 g/mol. The third kappa shape index (κ3) is 2.56. The fraction of sp³-hybridized carbons (Fsp3) is 0.462. The number of hydrogen-bond donors (Lipinski definition) is 0. The van der Waals surface area contributed by atoms with E-state index in [0.29, 0.717) is 6.42 Å². The second-order valence-corrected chi connectivity index (χ2v) is 5.63. The lowest BCUT2D eigenvalue weighted by Gasteiger charge is -2.31. The Morgan fingerprint density at radius 3 is 2.68 bits per heavy atom. The molecule has 0 bridgehead atoms. The van der Waals surface area contributed by atoms with Crippen LogP contribution in [0.15, 0.2) is 12.4 Å². The second-order valence-electron chi connectivity index (χ2n) is 5.24. The van der Waals surface area contributed by atoms with Gasteiger partial charge in [-0.1, -0.05) is 25.4 Å². The lowest BCUT2D eigenvalue weighted by molar-refractivity contribution is -0.140. The normalized spacial score (nSPS) is 22.4. The molecule has 0 aromatic carbocycles. The van der Waals surface area contributed by atoms with Crippen LogP contribution < -0.4 is 0 Å². The fourth-order valence-electron chi connectivity index (χ4n) is 2.11. The van der Waals surface area contributed by atoms with E-state index in [9.17, 15) is 14.4 Å². The van der Waals surface area contributed by atoms with Gasteiger partial charge in [-0.05, 0) is 6.42 Å². The SMILES string of the molecule is CC1(C)CCC(=O)C(C(=O)c2cncc(Cl)n2)C1=O. The standard InChI is InChI=1S/C13H13ClN2O3/c1-13(2)4-3-8(17)10(12(13)19)11(18)7-5-15-6-9(14)16-7/h5-6,10H,3-4H2,1-2H3. The number of Topliss-reactive ketones (excluding diaryl/α,β-unsaturated/α-hetero) is 3. The molecule has 1 aliphatic carbocycles. The number of hydrogen-bond acceptors (Lipinski definition) is 5. The van der Waals surface area contributed by atoms with Gasteiger partial charge < -0.3 is 0 Å². The van der Waals surface area contributed by atoms with E-state index in [4.69, 9.17) is 11.6 Å². The second kappa shape index (κ2) is 4.81. The fourth-order valence-corrected chi connectivity index (χ4v) is 2.26. The molecular formula is C13H13ClN2O3. The smallest absolute Gasteiger partial charge is 0.200 e. The Balaban J connectivity index is 2.36. The molecule has 6 heteroatoms. The van der Waals surface area contributed by atoms with Crippen molar-refractivity contribution in [2.45, 2.75) is 26.7 Å². The molecule has 1 heterocycles. The predicted octanol–water partition coefficient (Wildman–Crippen LogP) is 1.89. The zero-order chi connectivity index (χ0) is 14.2. The minimum atomic E-state index is -1.27. The first-order chi connectivity index (χ1) is 8.83. The molecule has 19 heavy (non-hydrogen) atoms. The zero-order valence-corrected chi connectivity index (χ0v) is 11.4. The Hall–Kier alpha value is -1.62. The van der Waals surface area contributed by atoms with E-state index >= 15 is 0 Å². The van der Waals surface area contributed by atoms with Crippen molar-refractivity contribution in [3.63, 3.8) is 0 Å². The predicted molar refractivity (Wildman–Crippen MR) is 67.9 cm³/mol. The van der Waals surface area contributed by atoms with Crippen LogP contribution in [0.2, 0.25) is 5.15 Å². The molecule has 5 nitrogen and oxygen atoms in total. The Kier molecular flexibility index (Phi) is 3.49. The van der Waals surface area contributed by atoms with Crippen LogP contribution in [-0.2, 0) is 9.59 Å². The van der Waals surface area contributed by atoms with E-state index in [2.05, 4.69) is 9.97 Å². The van der Waals surface area contributed by atoms with Gasteiger partial charge in [0.15, 0.2) is 11.6 Å². The molecule has 1 saturated carbocycles. The summed E-state index contributed by atoms with van der Waals surface area (Å²) in [5.74, 6) is -2.58. The Labute approximate surface area is 115 Å². The molecule has 0 saturated heterocycles. The van der Waals surface area contributed by atoms with Crippen LogP contribution in [0.4, 0.5) is 0 Å². The highest BCUT2D eigenvalue weighted by molar-refractivity contribution is 6.30. The van der Waals surface area contributed by atoms with E-state index in [1.807, 2.05) is 0 Å². The van der Waals surface area contributed by atoms with E-state index in [1.165, 1.54) is 12.4 Å². The van der Waals surface area contributed by atoms with Gasteiger partial charge in [-0.25, -0.2) is 4.98 Å². The Morgan fingerprint density at radius 2 is 2.05 bits per heavy atom. The van der Waals surface area contributed by atoms with Gasteiger partial charge >= 0.3 is 0 Å². The molecule has 1 aromatic heterocycles. The summed E-state index contributed by atoms with van der Waals surface area (Å²) in [6.45, 7) is 3.48. The van der Waals surface area contributed by atoms with Crippen molar-refractivity contribution in [1.82, 2.24) is 9.97 Å². The van der Waals surface area contributed by atoms with E-state index in [-0.39, 0.29) is 28.8 Å².